The van der Waals surface area contributed by atoms with E-state index < -0.39 is 16.2 Å². The van der Waals surface area contributed by atoms with E-state index in [1.165, 1.54) is 7.05 Å². The summed E-state index contributed by atoms with van der Waals surface area (Å²) < 4.78 is 27.0. The van der Waals surface area contributed by atoms with E-state index in [1.54, 1.807) is 0 Å². The second-order valence-electron chi connectivity index (χ2n) is 4.28. The number of hydrogen-bond acceptors (Lipinski definition) is 3. The van der Waals surface area contributed by atoms with E-state index in [1.807, 2.05) is 31.2 Å². The quantitative estimate of drug-likeness (QED) is 0.774. The summed E-state index contributed by atoms with van der Waals surface area (Å²) in [7, 11) is -2.30. The Morgan fingerprint density at radius 1 is 1.32 bits per heavy atom. The van der Waals surface area contributed by atoms with Crippen LogP contribution in [0.25, 0.3) is 0 Å². The summed E-state index contributed by atoms with van der Waals surface area (Å²) in [5.74, 6) is -1.03. The van der Waals surface area contributed by atoms with Crippen molar-refractivity contribution in [1.82, 2.24) is 9.03 Å². The van der Waals surface area contributed by atoms with Crippen molar-refractivity contribution >= 4 is 16.2 Å². The highest BCUT2D eigenvalue weighted by Crippen LogP contribution is 2.04. The van der Waals surface area contributed by atoms with Crippen molar-refractivity contribution in [3.8, 4) is 0 Å². The Balaban J connectivity index is 2.54. The van der Waals surface area contributed by atoms with E-state index in [0.29, 0.717) is 0 Å². The Hall–Kier alpha value is -1.44. The standard InChI is InChI=1S/C12H18N2O4S/c1-10-3-5-11(6-4-10)9-13-19(17,18)14(2)8-7-12(15)16/h3-6,13H,7-9H2,1-2H3,(H,15,16). The summed E-state index contributed by atoms with van der Waals surface area (Å²) in [5.41, 5.74) is 1.95. The van der Waals surface area contributed by atoms with Crippen LogP contribution < -0.4 is 4.72 Å². The molecule has 1 aromatic rings. The normalized spacial score (nSPS) is 11.7. The molecule has 2 N–H and O–H groups in total. The topological polar surface area (TPSA) is 86.7 Å². The van der Waals surface area contributed by atoms with E-state index in [0.717, 1.165) is 15.4 Å². The Morgan fingerprint density at radius 3 is 2.42 bits per heavy atom. The van der Waals surface area contributed by atoms with Gasteiger partial charge in [-0.2, -0.15) is 17.4 Å². The molecule has 0 aliphatic heterocycles. The summed E-state index contributed by atoms with van der Waals surface area (Å²) in [4.78, 5) is 10.4. The first-order chi connectivity index (χ1) is 8.81. The summed E-state index contributed by atoms with van der Waals surface area (Å²) in [6.07, 6.45) is -0.220. The molecule has 6 nitrogen and oxygen atoms in total. The highest BCUT2D eigenvalue weighted by molar-refractivity contribution is 7.87. The minimum atomic E-state index is -3.64. The van der Waals surface area contributed by atoms with E-state index in [9.17, 15) is 13.2 Å². The molecule has 7 heteroatoms. The van der Waals surface area contributed by atoms with Gasteiger partial charge in [0, 0.05) is 20.1 Å². The number of carboxylic acids is 1. The highest BCUT2D eigenvalue weighted by Gasteiger charge is 2.17. The van der Waals surface area contributed by atoms with Crippen LogP contribution in [0.15, 0.2) is 24.3 Å². The molecule has 0 aromatic heterocycles. The maximum Gasteiger partial charge on any atom is 0.304 e. The number of carboxylic acid groups (broad SMARTS) is 1. The highest BCUT2D eigenvalue weighted by atomic mass is 32.2. The van der Waals surface area contributed by atoms with E-state index in [-0.39, 0.29) is 19.5 Å². The molecule has 106 valence electrons. The third-order valence-corrected chi connectivity index (χ3v) is 4.14. The van der Waals surface area contributed by atoms with Gasteiger partial charge in [0.2, 0.25) is 0 Å². The number of nitrogens with one attached hydrogen (secondary N) is 1. The lowest BCUT2D eigenvalue weighted by Crippen LogP contribution is -2.38. The molecule has 0 spiro atoms. The Kier molecular flexibility index (Phi) is 5.46. The fourth-order valence-corrected chi connectivity index (χ4v) is 2.27. The predicted octanol–water partition coefficient (Wildman–Crippen LogP) is 0.736. The van der Waals surface area contributed by atoms with Gasteiger partial charge < -0.3 is 5.11 Å². The van der Waals surface area contributed by atoms with Crippen LogP contribution >= 0.6 is 0 Å². The molecular formula is C12H18N2O4S. The summed E-state index contributed by atoms with van der Waals surface area (Å²) in [6.45, 7) is 2.08. The predicted molar refractivity (Wildman–Crippen MR) is 71.8 cm³/mol. The zero-order valence-electron chi connectivity index (χ0n) is 11.0. The first-order valence-electron chi connectivity index (χ1n) is 5.79. The largest absolute Gasteiger partial charge is 0.481 e. The third-order valence-electron chi connectivity index (χ3n) is 2.63. The van der Waals surface area contributed by atoms with Crippen molar-refractivity contribution in [1.29, 1.82) is 0 Å². The van der Waals surface area contributed by atoms with Gasteiger partial charge in [-0.15, -0.1) is 0 Å². The zero-order valence-corrected chi connectivity index (χ0v) is 11.8. The monoisotopic (exact) mass is 286 g/mol. The minimum Gasteiger partial charge on any atom is -0.481 e. The van der Waals surface area contributed by atoms with Crippen LogP contribution in [-0.2, 0) is 21.5 Å². The van der Waals surface area contributed by atoms with Gasteiger partial charge in [0.15, 0.2) is 0 Å². The molecule has 19 heavy (non-hydrogen) atoms. The summed E-state index contributed by atoms with van der Waals surface area (Å²) in [6, 6.07) is 7.49. The van der Waals surface area contributed by atoms with Crippen molar-refractivity contribution in [3.63, 3.8) is 0 Å². The SMILES string of the molecule is Cc1ccc(CNS(=O)(=O)N(C)CCC(=O)O)cc1. The van der Waals surface area contributed by atoms with Crippen LogP contribution in [0.4, 0.5) is 0 Å². The number of aliphatic carboxylic acids is 1. The van der Waals surface area contributed by atoms with Crippen molar-refractivity contribution in [3.05, 3.63) is 35.4 Å². The number of hydrogen-bond donors (Lipinski definition) is 2. The number of aryl methyl sites for hydroxylation is 1. The van der Waals surface area contributed by atoms with Crippen LogP contribution in [0.2, 0.25) is 0 Å². The van der Waals surface area contributed by atoms with E-state index >= 15 is 0 Å². The molecule has 0 bridgehead atoms. The molecule has 0 aliphatic rings. The number of benzene rings is 1. The first-order valence-corrected chi connectivity index (χ1v) is 7.23. The lowest BCUT2D eigenvalue weighted by molar-refractivity contribution is -0.137. The van der Waals surface area contributed by atoms with Crippen molar-refractivity contribution < 1.29 is 18.3 Å². The van der Waals surface area contributed by atoms with Crippen LogP contribution in [-0.4, -0.2) is 37.4 Å². The molecule has 0 aliphatic carbocycles. The van der Waals surface area contributed by atoms with Gasteiger partial charge in [0.25, 0.3) is 10.2 Å². The average molecular weight is 286 g/mol. The molecule has 1 aromatic carbocycles. The molecule has 0 saturated carbocycles. The maximum atomic E-state index is 11.8. The first kappa shape index (κ1) is 15.6. The average Bonchev–Trinajstić information content (AvgIpc) is 2.35. The van der Waals surface area contributed by atoms with Crippen molar-refractivity contribution in [2.24, 2.45) is 0 Å². The molecule has 0 amide bonds. The molecule has 0 saturated heterocycles. The van der Waals surface area contributed by atoms with Gasteiger partial charge in [0.05, 0.1) is 6.42 Å². The van der Waals surface area contributed by atoms with Gasteiger partial charge in [-0.3, -0.25) is 4.79 Å². The van der Waals surface area contributed by atoms with Gasteiger partial charge in [-0.25, -0.2) is 0 Å². The van der Waals surface area contributed by atoms with Gasteiger partial charge >= 0.3 is 5.97 Å². The second-order valence-corrected chi connectivity index (χ2v) is 6.14. The summed E-state index contributed by atoms with van der Waals surface area (Å²) in [5, 5.41) is 8.52. The van der Waals surface area contributed by atoms with E-state index in [4.69, 9.17) is 5.11 Å². The fraction of sp³-hybridized carbons (Fsp3) is 0.417. The van der Waals surface area contributed by atoms with Crippen molar-refractivity contribution in [2.75, 3.05) is 13.6 Å². The van der Waals surface area contributed by atoms with Crippen LogP contribution in [0.5, 0.6) is 0 Å². The number of carbonyl (C=O) groups is 1. The molecule has 0 unspecified atom stereocenters. The molecule has 0 fully saturated rings. The third kappa shape index (κ3) is 5.37. The second kappa shape index (κ2) is 6.65. The lowest BCUT2D eigenvalue weighted by Gasteiger charge is -2.16. The number of nitrogens with zero attached hydrogens (tertiary/aromatic N) is 1. The Morgan fingerprint density at radius 2 is 1.89 bits per heavy atom. The molecular weight excluding hydrogens is 268 g/mol. The Bertz CT molecular complexity index is 525. The molecule has 1 rings (SSSR count). The fourth-order valence-electron chi connectivity index (χ4n) is 1.36. The van der Waals surface area contributed by atoms with Crippen LogP contribution in [0, 0.1) is 6.92 Å². The Labute approximate surface area is 113 Å². The summed E-state index contributed by atoms with van der Waals surface area (Å²) >= 11 is 0. The van der Waals surface area contributed by atoms with Crippen LogP contribution in [0.1, 0.15) is 17.5 Å². The zero-order chi connectivity index (χ0) is 14.5. The lowest BCUT2D eigenvalue weighted by atomic mass is 10.2. The van der Waals surface area contributed by atoms with Gasteiger partial charge in [-0.1, -0.05) is 29.8 Å². The van der Waals surface area contributed by atoms with Gasteiger partial charge in [0.1, 0.15) is 0 Å². The minimum absolute atomic E-state index is 0.0570. The molecule has 0 heterocycles. The molecule has 0 atom stereocenters. The van der Waals surface area contributed by atoms with Crippen molar-refractivity contribution in [2.45, 2.75) is 19.9 Å². The maximum absolute atomic E-state index is 11.8. The number of rotatable bonds is 7. The smallest absolute Gasteiger partial charge is 0.304 e. The molecule has 0 radical (unpaired) electrons. The van der Waals surface area contributed by atoms with Crippen LogP contribution in [0.3, 0.4) is 0 Å². The van der Waals surface area contributed by atoms with Gasteiger partial charge in [-0.05, 0) is 12.5 Å². The van der Waals surface area contributed by atoms with E-state index in [2.05, 4.69) is 4.72 Å².